The molecule has 0 aromatic heterocycles. The van der Waals surface area contributed by atoms with E-state index in [1.54, 1.807) is 0 Å². The first-order valence-electron chi connectivity index (χ1n) is 8.23. The van der Waals surface area contributed by atoms with E-state index in [1.807, 2.05) is 0 Å². The minimum atomic E-state index is -0.631. The van der Waals surface area contributed by atoms with Gasteiger partial charge in [0.2, 0.25) is 0 Å². The molecular weight excluding hydrogens is 254 g/mol. The van der Waals surface area contributed by atoms with Gasteiger partial charge < -0.3 is 5.32 Å². The Kier molecular flexibility index (Phi) is 5.88. The van der Waals surface area contributed by atoms with Crippen molar-refractivity contribution in [3.8, 4) is 0 Å². The first-order valence-corrected chi connectivity index (χ1v) is 9.62. The van der Waals surface area contributed by atoms with Gasteiger partial charge in [0.05, 0.1) is 5.25 Å². The number of rotatable bonds is 0. The molecular formula is C16H31NOS. The molecule has 0 amide bonds. The zero-order chi connectivity index (χ0) is 13.7. The van der Waals surface area contributed by atoms with E-state index in [0.29, 0.717) is 11.3 Å². The van der Waals surface area contributed by atoms with Crippen molar-refractivity contribution >= 4 is 10.8 Å². The summed E-state index contributed by atoms with van der Waals surface area (Å²) in [5, 5.41) is 4.19. The number of nitrogens with one attached hydrogen (secondary N) is 1. The van der Waals surface area contributed by atoms with Crippen LogP contribution in [-0.2, 0) is 10.8 Å². The molecule has 1 N–H and O–H groups in total. The van der Waals surface area contributed by atoms with Crippen molar-refractivity contribution in [2.45, 2.75) is 94.9 Å². The van der Waals surface area contributed by atoms with E-state index in [9.17, 15) is 4.21 Å². The van der Waals surface area contributed by atoms with Crippen molar-refractivity contribution in [1.29, 1.82) is 0 Å². The Bertz CT molecular complexity index is 303. The van der Waals surface area contributed by atoms with Crippen LogP contribution in [0.1, 0.15) is 78.1 Å². The van der Waals surface area contributed by atoms with E-state index >= 15 is 0 Å². The molecule has 2 rings (SSSR count). The molecule has 1 saturated heterocycles. The van der Waals surface area contributed by atoms with Gasteiger partial charge in [-0.05, 0) is 26.7 Å². The van der Waals surface area contributed by atoms with E-state index in [0.717, 1.165) is 5.75 Å². The van der Waals surface area contributed by atoms with Crippen LogP contribution in [0.3, 0.4) is 0 Å². The summed E-state index contributed by atoms with van der Waals surface area (Å²) in [6, 6.07) is 0.490. The van der Waals surface area contributed by atoms with Crippen LogP contribution in [0.15, 0.2) is 0 Å². The summed E-state index contributed by atoms with van der Waals surface area (Å²) in [5.41, 5.74) is 0.0586. The maximum absolute atomic E-state index is 12.5. The molecule has 2 nitrogen and oxygen atoms in total. The van der Waals surface area contributed by atoms with Crippen molar-refractivity contribution in [3.05, 3.63) is 0 Å². The molecule has 0 aromatic rings. The van der Waals surface area contributed by atoms with Gasteiger partial charge in [0.25, 0.3) is 0 Å². The SMILES string of the molecule is CC1(C)CS(=O)C2CCCCCCCCCCC2N1. The summed E-state index contributed by atoms with van der Waals surface area (Å²) in [6.07, 6.45) is 13.3. The van der Waals surface area contributed by atoms with Crippen LogP contribution >= 0.6 is 0 Å². The summed E-state index contributed by atoms with van der Waals surface area (Å²) in [6.45, 7) is 4.41. The zero-order valence-electron chi connectivity index (χ0n) is 12.7. The molecule has 3 unspecified atom stereocenters. The largest absolute Gasteiger partial charge is 0.307 e. The molecule has 3 atom stereocenters. The van der Waals surface area contributed by atoms with Crippen LogP contribution < -0.4 is 5.32 Å². The highest BCUT2D eigenvalue weighted by Gasteiger charge is 2.38. The number of hydrogen-bond donors (Lipinski definition) is 1. The Morgan fingerprint density at radius 1 is 0.895 bits per heavy atom. The fourth-order valence-corrected chi connectivity index (χ4v) is 5.65. The fourth-order valence-electron chi connectivity index (χ4n) is 3.64. The van der Waals surface area contributed by atoms with Gasteiger partial charge in [-0.25, -0.2) is 0 Å². The predicted molar refractivity (Wildman–Crippen MR) is 84.0 cm³/mol. The molecule has 1 heterocycles. The molecule has 19 heavy (non-hydrogen) atoms. The molecule has 0 bridgehead atoms. The van der Waals surface area contributed by atoms with Crippen LogP contribution in [0.5, 0.6) is 0 Å². The number of fused-ring (bicyclic) bond motifs is 1. The maximum Gasteiger partial charge on any atom is 0.0502 e. The quantitative estimate of drug-likeness (QED) is 0.734. The van der Waals surface area contributed by atoms with Crippen LogP contribution in [-0.4, -0.2) is 26.8 Å². The second-order valence-corrected chi connectivity index (χ2v) is 8.76. The van der Waals surface area contributed by atoms with E-state index < -0.39 is 10.8 Å². The molecule has 2 aliphatic rings. The Labute approximate surface area is 121 Å². The Balaban J connectivity index is 1.98. The summed E-state index contributed by atoms with van der Waals surface area (Å²) >= 11 is 0. The lowest BCUT2D eigenvalue weighted by atomic mass is 9.95. The monoisotopic (exact) mass is 285 g/mol. The lowest BCUT2D eigenvalue weighted by molar-refractivity contribution is 0.305. The van der Waals surface area contributed by atoms with E-state index in [1.165, 1.54) is 64.2 Å². The van der Waals surface area contributed by atoms with Crippen molar-refractivity contribution in [3.63, 3.8) is 0 Å². The highest BCUT2D eigenvalue weighted by Crippen LogP contribution is 2.27. The summed E-state index contributed by atoms with van der Waals surface area (Å²) in [7, 11) is -0.631. The van der Waals surface area contributed by atoms with Gasteiger partial charge in [0.15, 0.2) is 0 Å². The van der Waals surface area contributed by atoms with Gasteiger partial charge in [-0.3, -0.25) is 4.21 Å². The van der Waals surface area contributed by atoms with E-state index in [-0.39, 0.29) is 5.54 Å². The molecule has 1 aliphatic carbocycles. The molecule has 1 saturated carbocycles. The minimum Gasteiger partial charge on any atom is -0.307 e. The van der Waals surface area contributed by atoms with Gasteiger partial charge in [-0.2, -0.15) is 0 Å². The van der Waals surface area contributed by atoms with Crippen molar-refractivity contribution in [1.82, 2.24) is 5.32 Å². The average Bonchev–Trinajstić information content (AvgIpc) is 2.30. The Morgan fingerprint density at radius 3 is 2.05 bits per heavy atom. The summed E-state index contributed by atoms with van der Waals surface area (Å²) in [5.74, 6) is 0.828. The lowest BCUT2D eigenvalue weighted by Crippen LogP contribution is -2.60. The fraction of sp³-hybridized carbons (Fsp3) is 1.00. The van der Waals surface area contributed by atoms with Crippen LogP contribution in [0, 0.1) is 0 Å². The second kappa shape index (κ2) is 7.21. The molecule has 2 fully saturated rings. The molecule has 0 spiro atoms. The van der Waals surface area contributed by atoms with Gasteiger partial charge in [0, 0.05) is 28.1 Å². The zero-order valence-corrected chi connectivity index (χ0v) is 13.6. The highest BCUT2D eigenvalue weighted by molar-refractivity contribution is 7.85. The van der Waals surface area contributed by atoms with Crippen molar-refractivity contribution in [2.75, 3.05) is 5.75 Å². The first kappa shape index (κ1) is 15.5. The normalized spacial score (nSPS) is 37.7. The van der Waals surface area contributed by atoms with Crippen LogP contribution in [0.25, 0.3) is 0 Å². The summed E-state index contributed by atoms with van der Waals surface area (Å²) < 4.78 is 12.5. The molecule has 3 heteroatoms. The highest BCUT2D eigenvalue weighted by atomic mass is 32.2. The van der Waals surface area contributed by atoms with Crippen LogP contribution in [0.2, 0.25) is 0 Å². The maximum atomic E-state index is 12.5. The third-order valence-corrected chi connectivity index (χ3v) is 6.87. The third kappa shape index (κ3) is 4.86. The topological polar surface area (TPSA) is 29.1 Å². The van der Waals surface area contributed by atoms with Gasteiger partial charge in [0.1, 0.15) is 0 Å². The van der Waals surface area contributed by atoms with Gasteiger partial charge in [-0.15, -0.1) is 0 Å². The smallest absolute Gasteiger partial charge is 0.0502 e. The standard InChI is InChI=1S/C16H31NOS/c1-16(2)13-19(18)15-12-10-8-6-4-3-5-7-9-11-14(15)17-16/h14-15,17H,3-13H2,1-2H3. The van der Waals surface area contributed by atoms with Crippen molar-refractivity contribution < 1.29 is 4.21 Å². The Hall–Kier alpha value is 0.110. The molecule has 0 radical (unpaired) electrons. The third-order valence-electron chi connectivity index (χ3n) is 4.62. The van der Waals surface area contributed by atoms with Crippen LogP contribution in [0.4, 0.5) is 0 Å². The summed E-state index contributed by atoms with van der Waals surface area (Å²) in [4.78, 5) is 0. The Morgan fingerprint density at radius 2 is 1.42 bits per heavy atom. The first-order chi connectivity index (χ1) is 9.08. The minimum absolute atomic E-state index is 0.0586. The van der Waals surface area contributed by atoms with E-state index in [2.05, 4.69) is 19.2 Å². The average molecular weight is 285 g/mol. The molecule has 112 valence electrons. The second-order valence-electron chi connectivity index (χ2n) is 7.10. The molecule has 1 aliphatic heterocycles. The lowest BCUT2D eigenvalue weighted by Gasteiger charge is -2.42. The predicted octanol–water partition coefficient (Wildman–Crippen LogP) is 3.77. The van der Waals surface area contributed by atoms with E-state index in [4.69, 9.17) is 0 Å². The number of hydrogen-bond acceptors (Lipinski definition) is 2. The van der Waals surface area contributed by atoms with Gasteiger partial charge >= 0.3 is 0 Å². The molecule has 0 aromatic carbocycles. The van der Waals surface area contributed by atoms with Crippen molar-refractivity contribution in [2.24, 2.45) is 0 Å². The van der Waals surface area contributed by atoms with Gasteiger partial charge in [-0.1, -0.05) is 51.4 Å².